The predicted octanol–water partition coefficient (Wildman–Crippen LogP) is 1.51. The lowest BCUT2D eigenvalue weighted by molar-refractivity contribution is -0.116. The number of pyridine rings is 1. The lowest BCUT2D eigenvalue weighted by Crippen LogP contribution is -2.22. The van der Waals surface area contributed by atoms with Crippen LogP contribution in [0.1, 0.15) is 22.3 Å². The molecule has 21 heavy (non-hydrogen) atoms. The molecule has 0 fully saturated rings. The molecule has 1 aromatic carbocycles. The minimum atomic E-state index is -0.461. The molecule has 106 valence electrons. The second-order valence-corrected chi connectivity index (χ2v) is 4.80. The van der Waals surface area contributed by atoms with Gasteiger partial charge in [-0.05, 0) is 30.2 Å². The number of H-pyrrole nitrogens is 1. The van der Waals surface area contributed by atoms with E-state index in [0.29, 0.717) is 18.5 Å². The first-order chi connectivity index (χ1) is 10.1. The van der Waals surface area contributed by atoms with Crippen LogP contribution in [0.25, 0.3) is 0 Å². The molecule has 6 heteroatoms. The number of amides is 2. The molecule has 0 radical (unpaired) electrons. The molecular formula is C15H13N3O3. The SMILES string of the molecule is O=C1CCc2cc(NC(=O)c3c[nH]ccc3=O)ccc2N1. The highest BCUT2D eigenvalue weighted by Crippen LogP contribution is 2.25. The van der Waals surface area contributed by atoms with Crippen molar-refractivity contribution in [1.29, 1.82) is 0 Å². The molecule has 0 atom stereocenters. The molecule has 3 N–H and O–H groups in total. The van der Waals surface area contributed by atoms with Crippen molar-refractivity contribution >= 4 is 23.2 Å². The number of benzene rings is 1. The number of rotatable bonds is 2. The fourth-order valence-electron chi connectivity index (χ4n) is 2.25. The number of carbonyl (C=O) groups excluding carboxylic acids is 2. The van der Waals surface area contributed by atoms with Gasteiger partial charge in [0.15, 0.2) is 5.43 Å². The standard InChI is InChI=1S/C15H13N3O3/c19-13-5-6-16-8-11(13)15(21)17-10-2-3-12-9(7-10)1-4-14(20)18-12/h2-3,5-8H,1,4H2,(H,16,19)(H,17,21)(H,18,20). The zero-order valence-corrected chi connectivity index (χ0v) is 11.1. The summed E-state index contributed by atoms with van der Waals surface area (Å²) in [5.74, 6) is -0.466. The Morgan fingerprint density at radius 3 is 2.81 bits per heavy atom. The van der Waals surface area contributed by atoms with Crippen molar-refractivity contribution in [3.63, 3.8) is 0 Å². The van der Waals surface area contributed by atoms with Crippen LogP contribution in [0, 0.1) is 0 Å². The zero-order valence-electron chi connectivity index (χ0n) is 11.1. The summed E-state index contributed by atoms with van der Waals surface area (Å²) in [4.78, 5) is 37.7. The summed E-state index contributed by atoms with van der Waals surface area (Å²) in [6, 6.07) is 6.55. The molecule has 6 nitrogen and oxygen atoms in total. The van der Waals surface area contributed by atoms with E-state index >= 15 is 0 Å². The van der Waals surface area contributed by atoms with Gasteiger partial charge < -0.3 is 15.6 Å². The molecule has 2 aromatic rings. The van der Waals surface area contributed by atoms with Gasteiger partial charge in [0.25, 0.3) is 5.91 Å². The fourth-order valence-corrected chi connectivity index (χ4v) is 2.25. The molecule has 1 aliphatic rings. The lowest BCUT2D eigenvalue weighted by Gasteiger charge is -2.17. The zero-order chi connectivity index (χ0) is 14.8. The number of aromatic amines is 1. The van der Waals surface area contributed by atoms with Gasteiger partial charge in [-0.25, -0.2) is 0 Å². The Balaban J connectivity index is 1.83. The minimum absolute atomic E-state index is 0.00453. The summed E-state index contributed by atoms with van der Waals surface area (Å²) in [5.41, 5.74) is 2.05. The molecule has 2 amide bonds. The van der Waals surface area contributed by atoms with E-state index in [1.54, 1.807) is 12.1 Å². The van der Waals surface area contributed by atoms with Gasteiger partial charge in [0.05, 0.1) is 0 Å². The average molecular weight is 283 g/mol. The molecule has 0 saturated heterocycles. The van der Waals surface area contributed by atoms with E-state index in [2.05, 4.69) is 15.6 Å². The highest BCUT2D eigenvalue weighted by molar-refractivity contribution is 6.04. The van der Waals surface area contributed by atoms with Crippen LogP contribution in [-0.2, 0) is 11.2 Å². The summed E-state index contributed by atoms with van der Waals surface area (Å²) in [7, 11) is 0. The monoisotopic (exact) mass is 283 g/mol. The van der Waals surface area contributed by atoms with Gasteiger partial charge in [-0.1, -0.05) is 0 Å². The van der Waals surface area contributed by atoms with Crippen LogP contribution in [0.4, 0.5) is 11.4 Å². The van der Waals surface area contributed by atoms with E-state index in [4.69, 9.17) is 0 Å². The van der Waals surface area contributed by atoms with Crippen molar-refractivity contribution in [2.24, 2.45) is 0 Å². The van der Waals surface area contributed by atoms with Crippen molar-refractivity contribution in [3.8, 4) is 0 Å². The minimum Gasteiger partial charge on any atom is -0.367 e. The largest absolute Gasteiger partial charge is 0.367 e. The number of hydrogen-bond acceptors (Lipinski definition) is 3. The number of fused-ring (bicyclic) bond motifs is 1. The first-order valence-electron chi connectivity index (χ1n) is 6.55. The quantitative estimate of drug-likeness (QED) is 0.780. The first-order valence-corrected chi connectivity index (χ1v) is 6.55. The van der Waals surface area contributed by atoms with Gasteiger partial charge in [0.1, 0.15) is 5.56 Å². The summed E-state index contributed by atoms with van der Waals surface area (Å²) in [6.45, 7) is 0. The van der Waals surface area contributed by atoms with Crippen molar-refractivity contribution in [1.82, 2.24) is 4.98 Å². The van der Waals surface area contributed by atoms with Gasteiger partial charge in [-0.15, -0.1) is 0 Å². The van der Waals surface area contributed by atoms with Crippen LogP contribution >= 0.6 is 0 Å². The van der Waals surface area contributed by atoms with E-state index < -0.39 is 5.91 Å². The van der Waals surface area contributed by atoms with E-state index in [1.165, 1.54) is 18.5 Å². The van der Waals surface area contributed by atoms with Crippen molar-refractivity contribution < 1.29 is 9.59 Å². The van der Waals surface area contributed by atoms with Crippen molar-refractivity contribution in [2.75, 3.05) is 10.6 Å². The lowest BCUT2D eigenvalue weighted by atomic mass is 10.0. The number of aromatic nitrogens is 1. The Labute approximate surface area is 120 Å². The molecular weight excluding hydrogens is 270 g/mol. The predicted molar refractivity (Wildman–Crippen MR) is 78.4 cm³/mol. The smallest absolute Gasteiger partial charge is 0.261 e. The van der Waals surface area contributed by atoms with Crippen LogP contribution < -0.4 is 16.1 Å². The number of anilines is 2. The van der Waals surface area contributed by atoms with Crippen LogP contribution in [0.2, 0.25) is 0 Å². The van der Waals surface area contributed by atoms with Gasteiger partial charge in [-0.2, -0.15) is 0 Å². The van der Waals surface area contributed by atoms with Gasteiger partial charge in [0.2, 0.25) is 5.91 Å². The van der Waals surface area contributed by atoms with Crippen LogP contribution in [0.15, 0.2) is 41.5 Å². The van der Waals surface area contributed by atoms with E-state index in [0.717, 1.165) is 11.3 Å². The first kappa shape index (κ1) is 13.1. The molecule has 0 unspecified atom stereocenters. The second kappa shape index (κ2) is 5.24. The van der Waals surface area contributed by atoms with E-state index in [-0.39, 0.29) is 16.9 Å². The Bertz CT molecular complexity index is 780. The highest BCUT2D eigenvalue weighted by atomic mass is 16.2. The number of hydrogen-bond donors (Lipinski definition) is 3. The maximum atomic E-state index is 12.1. The van der Waals surface area contributed by atoms with Crippen LogP contribution in [0.3, 0.4) is 0 Å². The third-order valence-corrected chi connectivity index (χ3v) is 3.33. The third-order valence-electron chi connectivity index (χ3n) is 3.33. The third kappa shape index (κ3) is 2.69. The van der Waals surface area contributed by atoms with Crippen molar-refractivity contribution in [2.45, 2.75) is 12.8 Å². The molecule has 2 heterocycles. The van der Waals surface area contributed by atoms with Gasteiger partial charge >= 0.3 is 0 Å². The van der Waals surface area contributed by atoms with Crippen LogP contribution in [0.5, 0.6) is 0 Å². The molecule has 1 aliphatic heterocycles. The number of aryl methyl sites for hydroxylation is 1. The molecule has 0 bridgehead atoms. The number of nitrogens with one attached hydrogen (secondary N) is 3. The Kier molecular flexibility index (Phi) is 3.27. The highest BCUT2D eigenvalue weighted by Gasteiger charge is 2.16. The molecule has 1 aromatic heterocycles. The van der Waals surface area contributed by atoms with Crippen LogP contribution in [-0.4, -0.2) is 16.8 Å². The maximum absolute atomic E-state index is 12.1. The summed E-state index contributed by atoms with van der Waals surface area (Å²) < 4.78 is 0. The topological polar surface area (TPSA) is 91.1 Å². The summed E-state index contributed by atoms with van der Waals surface area (Å²) in [5, 5.41) is 5.46. The molecule has 0 saturated carbocycles. The Morgan fingerprint density at radius 2 is 2.00 bits per heavy atom. The summed E-state index contributed by atoms with van der Waals surface area (Å²) >= 11 is 0. The molecule has 3 rings (SSSR count). The van der Waals surface area contributed by atoms with E-state index in [9.17, 15) is 14.4 Å². The number of carbonyl (C=O) groups is 2. The Hall–Kier alpha value is -2.89. The average Bonchev–Trinajstić information content (AvgIpc) is 2.48. The summed E-state index contributed by atoms with van der Waals surface area (Å²) in [6.07, 6.45) is 3.91. The molecule has 0 spiro atoms. The van der Waals surface area contributed by atoms with E-state index in [1.807, 2.05) is 6.07 Å². The normalized spacial score (nSPS) is 13.2. The second-order valence-electron chi connectivity index (χ2n) is 4.80. The van der Waals surface area contributed by atoms with Crippen molar-refractivity contribution in [3.05, 3.63) is 58.0 Å². The Morgan fingerprint density at radius 1 is 1.14 bits per heavy atom. The van der Waals surface area contributed by atoms with Gasteiger partial charge in [-0.3, -0.25) is 14.4 Å². The maximum Gasteiger partial charge on any atom is 0.261 e. The fraction of sp³-hybridized carbons (Fsp3) is 0.133. The van der Waals surface area contributed by atoms with Gasteiger partial charge in [0, 0.05) is 36.3 Å². The molecule has 0 aliphatic carbocycles.